The van der Waals surface area contributed by atoms with Crippen molar-refractivity contribution in [2.45, 2.75) is 13.0 Å². The third-order valence-electron chi connectivity index (χ3n) is 0.994. The molecule has 0 aromatic carbocycles. The first-order chi connectivity index (χ1) is 4.22. The first kappa shape index (κ1) is 12.7. The van der Waals surface area contributed by atoms with Crippen molar-refractivity contribution in [3.63, 3.8) is 0 Å². The summed E-state index contributed by atoms with van der Waals surface area (Å²) in [6.45, 7) is 6.53. The predicted molar refractivity (Wildman–Crippen MR) is 33.0 cm³/mol. The monoisotopic (exact) mass is 234 g/mol. The number of carboxylic acid groups (broad SMARTS) is 1. The fourth-order valence-corrected chi connectivity index (χ4v) is 0.384. The van der Waals surface area contributed by atoms with E-state index >= 15 is 0 Å². The molecule has 2 unspecified atom stereocenters. The molecule has 0 saturated carbocycles. The van der Waals surface area contributed by atoms with Gasteiger partial charge in [0.1, 0.15) is 0 Å². The molecule has 0 aromatic heterocycles. The molecule has 0 amide bonds. The Morgan fingerprint density at radius 1 is 1.90 bits per heavy atom. The number of hydrogen-bond donors (Lipinski definition) is 1. The van der Waals surface area contributed by atoms with Gasteiger partial charge in [-0.15, -0.1) is 5.92 Å². The molecule has 1 heterocycles. The number of rotatable bonds is 1. The van der Waals surface area contributed by atoms with Crippen molar-refractivity contribution in [2.24, 2.45) is 5.92 Å². The van der Waals surface area contributed by atoms with Gasteiger partial charge in [0.25, 0.3) is 6.47 Å². The van der Waals surface area contributed by atoms with Gasteiger partial charge in [0.2, 0.25) is 0 Å². The molecule has 1 radical (unpaired) electrons. The summed E-state index contributed by atoms with van der Waals surface area (Å²) in [6.07, 6.45) is 0.491. The summed E-state index contributed by atoms with van der Waals surface area (Å²) in [5, 5.41) is 6.89. The number of epoxide rings is 1. The normalized spacial score (nSPS) is 22.8. The minimum absolute atomic E-state index is 0. The third kappa shape index (κ3) is 8.05. The minimum atomic E-state index is -0.250. The van der Waals surface area contributed by atoms with Crippen molar-refractivity contribution >= 4 is 6.47 Å². The van der Waals surface area contributed by atoms with Crippen molar-refractivity contribution in [3.05, 3.63) is 6.92 Å². The molecule has 1 aliphatic rings. The second-order valence-corrected chi connectivity index (χ2v) is 1.95. The van der Waals surface area contributed by atoms with E-state index in [1.165, 1.54) is 0 Å². The summed E-state index contributed by atoms with van der Waals surface area (Å²) < 4.78 is 4.91. The molecule has 2 atom stereocenters. The zero-order chi connectivity index (χ0) is 7.28. The Morgan fingerprint density at radius 2 is 2.20 bits per heavy atom. The molecule has 63 valence electrons. The quantitative estimate of drug-likeness (QED) is 0.312. The van der Waals surface area contributed by atoms with Crippen molar-refractivity contribution in [2.75, 3.05) is 6.61 Å². The van der Waals surface area contributed by atoms with Gasteiger partial charge >= 0.3 is 0 Å². The van der Waals surface area contributed by atoms with Crippen LogP contribution in [0, 0.1) is 12.8 Å². The maximum atomic E-state index is 8.36. The van der Waals surface area contributed by atoms with E-state index < -0.39 is 0 Å². The maximum absolute atomic E-state index is 8.36. The molecule has 0 spiro atoms. The van der Waals surface area contributed by atoms with Gasteiger partial charge in [-0.2, -0.15) is 0 Å². The van der Waals surface area contributed by atoms with Crippen LogP contribution in [0.5, 0.6) is 0 Å². The predicted octanol–water partition coefficient (Wildman–Crippen LogP) is 0.554. The Bertz CT molecular complexity index is 81.1. The SMILES string of the molecule is O=CO.[CH2-]C(C)C1CO1.[Rh]. The number of carbonyl (C=O) groups is 1. The zero-order valence-corrected chi connectivity index (χ0v) is 7.38. The number of hydrogen-bond acceptors (Lipinski definition) is 2. The largest absolute Gasteiger partial charge is 0.483 e. The maximum Gasteiger partial charge on any atom is 0.290 e. The second-order valence-electron chi connectivity index (χ2n) is 1.95. The van der Waals surface area contributed by atoms with E-state index in [1.807, 2.05) is 0 Å². The molecule has 1 fully saturated rings. The average Bonchev–Trinajstić information content (AvgIpc) is 2.44. The fraction of sp³-hybridized carbons (Fsp3) is 0.667. The van der Waals surface area contributed by atoms with Crippen LogP contribution in [0.1, 0.15) is 6.92 Å². The number of ether oxygens (including phenoxy) is 1. The smallest absolute Gasteiger partial charge is 0.290 e. The van der Waals surface area contributed by atoms with Crippen LogP contribution in [-0.2, 0) is 29.0 Å². The van der Waals surface area contributed by atoms with Crippen LogP contribution in [0.3, 0.4) is 0 Å². The molecule has 0 aromatic rings. The van der Waals surface area contributed by atoms with Crippen molar-refractivity contribution in [1.82, 2.24) is 0 Å². The topological polar surface area (TPSA) is 49.8 Å². The minimum Gasteiger partial charge on any atom is -0.483 e. The molecular formula is C6H11O3Rh-. The van der Waals surface area contributed by atoms with E-state index in [2.05, 4.69) is 13.8 Å². The zero-order valence-electron chi connectivity index (χ0n) is 5.74. The van der Waals surface area contributed by atoms with Gasteiger partial charge in [-0.25, -0.2) is 0 Å². The molecule has 0 bridgehead atoms. The molecule has 1 rings (SSSR count). The van der Waals surface area contributed by atoms with Crippen molar-refractivity contribution in [1.29, 1.82) is 0 Å². The summed E-state index contributed by atoms with van der Waals surface area (Å²) in [4.78, 5) is 8.36. The fourth-order valence-electron chi connectivity index (χ4n) is 0.384. The van der Waals surface area contributed by atoms with Gasteiger partial charge in [0.15, 0.2) is 0 Å². The standard InChI is InChI=1S/C5H9O.CH2O2.Rh/c1-4(2)5-3-6-5;2-1-3;/h4-5H,1,3H2,2H3;1H,(H,2,3);/q-1;;. The van der Waals surface area contributed by atoms with E-state index in [0.29, 0.717) is 12.0 Å². The van der Waals surface area contributed by atoms with E-state index in [1.54, 1.807) is 0 Å². The van der Waals surface area contributed by atoms with Gasteiger partial charge < -0.3 is 16.8 Å². The Morgan fingerprint density at radius 3 is 2.20 bits per heavy atom. The van der Waals surface area contributed by atoms with Crippen molar-refractivity contribution < 1.29 is 34.1 Å². The van der Waals surface area contributed by atoms with Crippen LogP contribution in [0.4, 0.5) is 0 Å². The van der Waals surface area contributed by atoms with Crippen LogP contribution in [0.15, 0.2) is 0 Å². The summed E-state index contributed by atoms with van der Waals surface area (Å²) in [5.41, 5.74) is 0. The average molecular weight is 234 g/mol. The van der Waals surface area contributed by atoms with E-state index in [9.17, 15) is 0 Å². The van der Waals surface area contributed by atoms with Crippen LogP contribution < -0.4 is 0 Å². The van der Waals surface area contributed by atoms with Crippen LogP contribution >= 0.6 is 0 Å². The summed E-state index contributed by atoms with van der Waals surface area (Å²) in [7, 11) is 0. The van der Waals surface area contributed by atoms with Crippen LogP contribution in [0.2, 0.25) is 0 Å². The second kappa shape index (κ2) is 7.16. The molecule has 0 aliphatic carbocycles. The molecule has 1 saturated heterocycles. The van der Waals surface area contributed by atoms with Gasteiger partial charge in [-0.1, -0.05) is 6.92 Å². The van der Waals surface area contributed by atoms with Gasteiger partial charge in [0.05, 0.1) is 12.7 Å². The Kier molecular flexibility index (Phi) is 9.10. The van der Waals surface area contributed by atoms with E-state index in [0.717, 1.165) is 6.61 Å². The molecule has 3 nitrogen and oxygen atoms in total. The van der Waals surface area contributed by atoms with E-state index in [-0.39, 0.29) is 26.0 Å². The summed E-state index contributed by atoms with van der Waals surface area (Å²) >= 11 is 0. The van der Waals surface area contributed by atoms with Crippen molar-refractivity contribution in [3.8, 4) is 0 Å². The Hall–Kier alpha value is 0.0534. The first-order valence-corrected chi connectivity index (χ1v) is 2.75. The Labute approximate surface area is 73.5 Å². The molecule has 1 aliphatic heterocycles. The van der Waals surface area contributed by atoms with Crippen LogP contribution in [0.25, 0.3) is 0 Å². The molecule has 4 heteroatoms. The van der Waals surface area contributed by atoms with E-state index in [4.69, 9.17) is 14.6 Å². The van der Waals surface area contributed by atoms with Gasteiger partial charge in [-0.05, 0) is 0 Å². The third-order valence-corrected chi connectivity index (χ3v) is 0.994. The van der Waals surface area contributed by atoms with Gasteiger partial charge in [-0.3, -0.25) is 4.79 Å². The van der Waals surface area contributed by atoms with Gasteiger partial charge in [0, 0.05) is 19.5 Å². The molecular weight excluding hydrogens is 223 g/mol. The summed E-state index contributed by atoms with van der Waals surface area (Å²) in [6, 6.07) is 0. The molecule has 1 N–H and O–H groups in total. The molecule has 10 heavy (non-hydrogen) atoms. The first-order valence-electron chi connectivity index (χ1n) is 2.75. The summed E-state index contributed by atoms with van der Waals surface area (Å²) in [5.74, 6) is 0.491. The van der Waals surface area contributed by atoms with Crippen LogP contribution in [-0.4, -0.2) is 24.3 Å². The Balaban J connectivity index is 0.